The summed E-state index contributed by atoms with van der Waals surface area (Å²) >= 11 is 0. The molecule has 0 atom stereocenters. The second-order valence-corrected chi connectivity index (χ2v) is 4.46. The van der Waals surface area contributed by atoms with Crippen LogP contribution < -0.4 is 5.73 Å². The summed E-state index contributed by atoms with van der Waals surface area (Å²) in [6.07, 6.45) is 8.98. The van der Waals surface area contributed by atoms with Gasteiger partial charge in [0.05, 0.1) is 6.20 Å². The first-order chi connectivity index (χ1) is 7.72. The molecule has 0 unspecified atom stereocenters. The fraction of sp³-hybridized carbons (Fsp3) is 0.750. The van der Waals surface area contributed by atoms with Crippen molar-refractivity contribution >= 4 is 0 Å². The van der Waals surface area contributed by atoms with E-state index in [4.69, 9.17) is 5.73 Å². The standard InChI is InChI=1S/C12H24N4/c1-15(8-6-4-3-5-7-13)10-12-9-14-16(2)11-12/h9,11H,3-8,10,13H2,1-2H3. The molecule has 0 amide bonds. The highest BCUT2D eigenvalue weighted by atomic mass is 15.2. The van der Waals surface area contributed by atoms with Gasteiger partial charge < -0.3 is 10.6 Å². The Balaban J connectivity index is 2.09. The molecule has 0 saturated carbocycles. The van der Waals surface area contributed by atoms with Crippen molar-refractivity contribution in [2.75, 3.05) is 20.1 Å². The van der Waals surface area contributed by atoms with Gasteiger partial charge in [-0.1, -0.05) is 12.8 Å². The summed E-state index contributed by atoms with van der Waals surface area (Å²) < 4.78 is 1.85. The van der Waals surface area contributed by atoms with Crippen molar-refractivity contribution in [1.29, 1.82) is 0 Å². The zero-order valence-electron chi connectivity index (χ0n) is 10.5. The average molecular weight is 224 g/mol. The van der Waals surface area contributed by atoms with Crippen molar-refractivity contribution in [2.45, 2.75) is 32.2 Å². The number of hydrogen-bond acceptors (Lipinski definition) is 3. The van der Waals surface area contributed by atoms with Crippen LogP contribution in [0.1, 0.15) is 31.2 Å². The summed E-state index contributed by atoms with van der Waals surface area (Å²) in [5, 5.41) is 4.17. The van der Waals surface area contributed by atoms with E-state index in [1.807, 2.05) is 17.9 Å². The van der Waals surface area contributed by atoms with Crippen molar-refractivity contribution < 1.29 is 0 Å². The molecule has 0 aromatic carbocycles. The fourth-order valence-electron chi connectivity index (χ4n) is 1.82. The third-order valence-electron chi connectivity index (χ3n) is 2.70. The zero-order valence-corrected chi connectivity index (χ0v) is 10.5. The lowest BCUT2D eigenvalue weighted by atomic mass is 10.2. The Kier molecular flexibility index (Phi) is 6.11. The van der Waals surface area contributed by atoms with E-state index < -0.39 is 0 Å². The third-order valence-corrected chi connectivity index (χ3v) is 2.70. The Morgan fingerprint density at radius 3 is 2.69 bits per heavy atom. The molecule has 0 radical (unpaired) electrons. The largest absolute Gasteiger partial charge is 0.330 e. The molecule has 4 heteroatoms. The van der Waals surface area contributed by atoms with E-state index in [-0.39, 0.29) is 0 Å². The van der Waals surface area contributed by atoms with Crippen LogP contribution in [0, 0.1) is 0 Å². The van der Waals surface area contributed by atoms with Crippen molar-refractivity contribution in [1.82, 2.24) is 14.7 Å². The zero-order chi connectivity index (χ0) is 11.8. The SMILES string of the molecule is CN(CCCCCCN)Cc1cnn(C)c1. The van der Waals surface area contributed by atoms with Gasteiger partial charge in [-0.15, -0.1) is 0 Å². The molecule has 1 aromatic rings. The van der Waals surface area contributed by atoms with Crippen LogP contribution in [0.25, 0.3) is 0 Å². The molecule has 1 rings (SSSR count). The molecule has 1 heterocycles. The van der Waals surface area contributed by atoms with Gasteiger partial charge >= 0.3 is 0 Å². The third kappa shape index (κ3) is 5.28. The molecule has 2 N–H and O–H groups in total. The predicted octanol–water partition coefficient (Wildman–Crippen LogP) is 1.37. The molecule has 0 aliphatic rings. The van der Waals surface area contributed by atoms with Crippen molar-refractivity contribution in [3.05, 3.63) is 18.0 Å². The highest BCUT2D eigenvalue weighted by molar-refractivity contribution is 5.02. The normalized spacial score (nSPS) is 11.2. The monoisotopic (exact) mass is 224 g/mol. The maximum atomic E-state index is 5.46. The minimum absolute atomic E-state index is 0.825. The van der Waals surface area contributed by atoms with Crippen LogP contribution in [-0.4, -0.2) is 34.8 Å². The molecule has 4 nitrogen and oxygen atoms in total. The van der Waals surface area contributed by atoms with E-state index in [0.717, 1.165) is 26.1 Å². The van der Waals surface area contributed by atoms with Gasteiger partial charge in [-0.05, 0) is 33.0 Å². The molecule has 0 aliphatic carbocycles. The van der Waals surface area contributed by atoms with E-state index in [0.29, 0.717) is 0 Å². The van der Waals surface area contributed by atoms with E-state index >= 15 is 0 Å². The topological polar surface area (TPSA) is 47.1 Å². The molecule has 0 saturated heterocycles. The second-order valence-electron chi connectivity index (χ2n) is 4.46. The van der Waals surface area contributed by atoms with Gasteiger partial charge in [0.1, 0.15) is 0 Å². The summed E-state index contributed by atoms with van der Waals surface area (Å²) in [6, 6.07) is 0. The Morgan fingerprint density at radius 1 is 1.31 bits per heavy atom. The maximum Gasteiger partial charge on any atom is 0.0534 e. The average Bonchev–Trinajstić information content (AvgIpc) is 2.63. The van der Waals surface area contributed by atoms with Gasteiger partial charge in [-0.3, -0.25) is 4.68 Å². The molecular weight excluding hydrogens is 200 g/mol. The molecule has 0 spiro atoms. The first-order valence-electron chi connectivity index (χ1n) is 6.08. The van der Waals surface area contributed by atoms with Crippen molar-refractivity contribution in [3.63, 3.8) is 0 Å². The predicted molar refractivity (Wildman–Crippen MR) is 67.1 cm³/mol. The smallest absolute Gasteiger partial charge is 0.0534 e. The Morgan fingerprint density at radius 2 is 2.06 bits per heavy atom. The van der Waals surface area contributed by atoms with E-state index in [1.165, 1.54) is 24.8 Å². The fourth-order valence-corrected chi connectivity index (χ4v) is 1.82. The van der Waals surface area contributed by atoms with Gasteiger partial charge in [-0.25, -0.2) is 0 Å². The highest BCUT2D eigenvalue weighted by Gasteiger charge is 2.01. The highest BCUT2D eigenvalue weighted by Crippen LogP contribution is 2.04. The van der Waals surface area contributed by atoms with Crippen LogP contribution in [-0.2, 0) is 13.6 Å². The van der Waals surface area contributed by atoms with Crippen LogP contribution in [0.15, 0.2) is 12.4 Å². The molecular formula is C12H24N4. The number of aromatic nitrogens is 2. The Labute approximate surface area is 98.4 Å². The quantitative estimate of drug-likeness (QED) is 0.678. The van der Waals surface area contributed by atoms with Gasteiger partial charge in [0, 0.05) is 25.4 Å². The van der Waals surface area contributed by atoms with Gasteiger partial charge in [0.25, 0.3) is 0 Å². The minimum atomic E-state index is 0.825. The number of nitrogens with two attached hydrogens (primary N) is 1. The van der Waals surface area contributed by atoms with Gasteiger partial charge in [-0.2, -0.15) is 5.10 Å². The number of rotatable bonds is 8. The lowest BCUT2D eigenvalue weighted by Gasteiger charge is -2.15. The summed E-state index contributed by atoms with van der Waals surface area (Å²) in [5.74, 6) is 0. The first-order valence-corrected chi connectivity index (χ1v) is 6.08. The summed E-state index contributed by atoms with van der Waals surface area (Å²) in [7, 11) is 4.12. The number of nitrogens with zero attached hydrogens (tertiary/aromatic N) is 3. The summed E-state index contributed by atoms with van der Waals surface area (Å²) in [6.45, 7) is 2.97. The minimum Gasteiger partial charge on any atom is -0.330 e. The molecule has 16 heavy (non-hydrogen) atoms. The van der Waals surface area contributed by atoms with E-state index in [2.05, 4.69) is 23.2 Å². The van der Waals surface area contributed by atoms with Gasteiger partial charge in [0.2, 0.25) is 0 Å². The maximum absolute atomic E-state index is 5.46. The molecule has 0 bridgehead atoms. The van der Waals surface area contributed by atoms with Crippen LogP contribution in [0.2, 0.25) is 0 Å². The molecule has 92 valence electrons. The van der Waals surface area contributed by atoms with Crippen LogP contribution in [0.4, 0.5) is 0 Å². The van der Waals surface area contributed by atoms with Crippen molar-refractivity contribution in [2.24, 2.45) is 12.8 Å². The summed E-state index contributed by atoms with van der Waals surface area (Å²) in [5.41, 5.74) is 6.74. The van der Waals surface area contributed by atoms with Crippen molar-refractivity contribution in [3.8, 4) is 0 Å². The number of aryl methyl sites for hydroxylation is 1. The first kappa shape index (κ1) is 13.2. The van der Waals surface area contributed by atoms with Crippen LogP contribution in [0.5, 0.6) is 0 Å². The lowest BCUT2D eigenvalue weighted by Crippen LogP contribution is -2.18. The lowest BCUT2D eigenvalue weighted by molar-refractivity contribution is 0.317. The Bertz CT molecular complexity index is 282. The van der Waals surface area contributed by atoms with E-state index in [9.17, 15) is 0 Å². The number of unbranched alkanes of at least 4 members (excludes halogenated alkanes) is 3. The van der Waals surface area contributed by atoms with E-state index in [1.54, 1.807) is 0 Å². The molecule has 0 fully saturated rings. The Hall–Kier alpha value is -0.870. The second kappa shape index (κ2) is 7.41. The number of hydrogen-bond donors (Lipinski definition) is 1. The molecule has 0 aliphatic heterocycles. The van der Waals surface area contributed by atoms with Gasteiger partial charge in [0.15, 0.2) is 0 Å². The van der Waals surface area contributed by atoms with Crippen LogP contribution in [0.3, 0.4) is 0 Å². The molecule has 1 aromatic heterocycles. The van der Waals surface area contributed by atoms with Crippen LogP contribution >= 0.6 is 0 Å². The summed E-state index contributed by atoms with van der Waals surface area (Å²) in [4.78, 5) is 2.35.